The van der Waals surface area contributed by atoms with Crippen LogP contribution >= 0.6 is 0 Å². The van der Waals surface area contributed by atoms with Gasteiger partial charge in [0.05, 0.1) is 18.7 Å². The Morgan fingerprint density at radius 1 is 1.48 bits per heavy atom. The second kappa shape index (κ2) is 5.42. The molecule has 6 heteroatoms. The van der Waals surface area contributed by atoms with Crippen LogP contribution in [0.25, 0.3) is 0 Å². The van der Waals surface area contributed by atoms with Gasteiger partial charge in [0.25, 0.3) is 0 Å². The Balaban J connectivity index is 1.73. The lowest BCUT2D eigenvalue weighted by molar-refractivity contribution is -0.142. The average Bonchev–Trinajstić information content (AvgIpc) is 3.19. The first-order valence-electron chi connectivity index (χ1n) is 7.44. The van der Waals surface area contributed by atoms with Crippen molar-refractivity contribution < 1.29 is 19.1 Å². The zero-order valence-electron chi connectivity index (χ0n) is 12.1. The lowest BCUT2D eigenvalue weighted by atomic mass is 9.89. The van der Waals surface area contributed by atoms with E-state index in [0.717, 1.165) is 18.6 Å². The van der Waals surface area contributed by atoms with E-state index < -0.39 is 11.9 Å². The normalized spacial score (nSPS) is 27.1. The number of carboxylic acids is 1. The number of hydrogen-bond acceptors (Lipinski definition) is 3. The highest BCUT2D eigenvalue weighted by atomic mass is 16.4. The summed E-state index contributed by atoms with van der Waals surface area (Å²) in [4.78, 5) is 27.6. The van der Waals surface area contributed by atoms with Crippen molar-refractivity contribution in [1.29, 1.82) is 0 Å². The summed E-state index contributed by atoms with van der Waals surface area (Å²) in [5.41, 5.74) is 0. The van der Waals surface area contributed by atoms with Gasteiger partial charge in [0.1, 0.15) is 5.76 Å². The van der Waals surface area contributed by atoms with Crippen LogP contribution in [0.3, 0.4) is 0 Å². The average molecular weight is 292 g/mol. The van der Waals surface area contributed by atoms with Crippen LogP contribution in [0.2, 0.25) is 0 Å². The molecule has 3 unspecified atom stereocenters. The summed E-state index contributed by atoms with van der Waals surface area (Å²) in [5.74, 6) is -0.448. The molecule has 6 nitrogen and oxygen atoms in total. The van der Waals surface area contributed by atoms with E-state index in [0.29, 0.717) is 19.5 Å². The molecule has 1 N–H and O–H groups in total. The number of carbonyl (C=O) groups excluding carboxylic acids is 1. The molecule has 2 aliphatic heterocycles. The second-order valence-corrected chi connectivity index (χ2v) is 5.76. The number of urea groups is 1. The monoisotopic (exact) mass is 292 g/mol. The first kappa shape index (κ1) is 14.0. The molecule has 114 valence electrons. The minimum absolute atomic E-state index is 0.0647. The Hall–Kier alpha value is -1.98. The number of carboxylic acid groups (broad SMARTS) is 1. The predicted octanol–water partition coefficient (Wildman–Crippen LogP) is 2.16. The van der Waals surface area contributed by atoms with Crippen LogP contribution in [0.1, 0.15) is 31.9 Å². The van der Waals surface area contributed by atoms with Crippen LogP contribution in [0.5, 0.6) is 0 Å². The smallest absolute Gasteiger partial charge is 0.320 e. The van der Waals surface area contributed by atoms with Gasteiger partial charge in [-0.2, -0.15) is 0 Å². The van der Waals surface area contributed by atoms with Gasteiger partial charge in [0, 0.05) is 18.6 Å². The Labute approximate surface area is 123 Å². The number of furan rings is 1. The number of aliphatic carboxylic acids is 1. The maximum Gasteiger partial charge on any atom is 0.320 e. The van der Waals surface area contributed by atoms with Crippen molar-refractivity contribution in [2.24, 2.45) is 5.92 Å². The van der Waals surface area contributed by atoms with Crippen LogP contribution in [0.15, 0.2) is 22.8 Å². The fourth-order valence-corrected chi connectivity index (χ4v) is 3.62. The largest absolute Gasteiger partial charge is 0.481 e. The Morgan fingerprint density at radius 3 is 2.86 bits per heavy atom. The van der Waals surface area contributed by atoms with Crippen molar-refractivity contribution >= 4 is 12.0 Å². The molecule has 0 spiro atoms. The number of fused-ring (bicyclic) bond motifs is 2. The maximum absolute atomic E-state index is 12.7. The van der Waals surface area contributed by atoms with Gasteiger partial charge in [-0.05, 0) is 38.3 Å². The molecular weight excluding hydrogens is 272 g/mol. The number of amides is 2. The van der Waals surface area contributed by atoms with E-state index in [2.05, 4.69) is 0 Å². The minimum Gasteiger partial charge on any atom is -0.481 e. The van der Waals surface area contributed by atoms with Crippen molar-refractivity contribution in [2.45, 2.75) is 44.8 Å². The lowest BCUT2D eigenvalue weighted by Gasteiger charge is -2.30. The SMILES string of the molecule is CCN(Cc1ccco1)C(=O)N1C2CCC1C(C(=O)O)C2. The van der Waals surface area contributed by atoms with Crippen molar-refractivity contribution in [2.75, 3.05) is 6.54 Å². The third-order valence-corrected chi connectivity index (χ3v) is 4.65. The second-order valence-electron chi connectivity index (χ2n) is 5.76. The summed E-state index contributed by atoms with van der Waals surface area (Å²) in [6.45, 7) is 2.93. The van der Waals surface area contributed by atoms with E-state index >= 15 is 0 Å². The Morgan fingerprint density at radius 2 is 2.29 bits per heavy atom. The molecule has 0 aromatic carbocycles. The van der Waals surface area contributed by atoms with Gasteiger partial charge in [-0.25, -0.2) is 4.79 Å². The van der Waals surface area contributed by atoms with Crippen LogP contribution < -0.4 is 0 Å². The fraction of sp³-hybridized carbons (Fsp3) is 0.600. The van der Waals surface area contributed by atoms with Gasteiger partial charge >= 0.3 is 12.0 Å². The molecule has 2 aliphatic rings. The summed E-state index contributed by atoms with van der Waals surface area (Å²) >= 11 is 0. The highest BCUT2D eigenvalue weighted by Crippen LogP contribution is 2.42. The zero-order chi connectivity index (χ0) is 15.0. The number of hydrogen-bond donors (Lipinski definition) is 1. The molecule has 2 fully saturated rings. The van der Waals surface area contributed by atoms with Gasteiger partial charge in [-0.15, -0.1) is 0 Å². The van der Waals surface area contributed by atoms with Crippen molar-refractivity contribution in [3.63, 3.8) is 0 Å². The Bertz CT molecular complexity index is 528. The van der Waals surface area contributed by atoms with Gasteiger partial charge in [-0.1, -0.05) is 0 Å². The van der Waals surface area contributed by atoms with E-state index in [-0.39, 0.29) is 18.1 Å². The van der Waals surface area contributed by atoms with E-state index in [9.17, 15) is 14.7 Å². The molecule has 1 aromatic rings. The highest BCUT2D eigenvalue weighted by molar-refractivity contribution is 5.79. The first-order chi connectivity index (χ1) is 10.1. The fourth-order valence-electron chi connectivity index (χ4n) is 3.62. The quantitative estimate of drug-likeness (QED) is 0.923. The topological polar surface area (TPSA) is 74.0 Å². The maximum atomic E-state index is 12.7. The highest BCUT2D eigenvalue weighted by Gasteiger charge is 2.52. The summed E-state index contributed by atoms with van der Waals surface area (Å²) in [6, 6.07) is 3.51. The van der Waals surface area contributed by atoms with E-state index in [1.165, 1.54) is 0 Å². The number of nitrogens with zero attached hydrogens (tertiary/aromatic N) is 2. The molecule has 21 heavy (non-hydrogen) atoms. The molecule has 0 aliphatic carbocycles. The van der Waals surface area contributed by atoms with Gasteiger partial charge in [-0.3, -0.25) is 4.79 Å². The van der Waals surface area contributed by atoms with Crippen LogP contribution in [0, 0.1) is 5.92 Å². The standard InChI is InChI=1S/C15H20N2O4/c1-2-16(9-11-4-3-7-21-11)15(20)17-10-5-6-13(17)12(8-10)14(18)19/h3-4,7,10,12-13H,2,5-6,8-9H2,1H3,(H,18,19). The molecule has 0 radical (unpaired) electrons. The molecule has 2 amide bonds. The number of rotatable bonds is 4. The molecule has 3 atom stereocenters. The molecule has 0 saturated carbocycles. The molecule has 2 bridgehead atoms. The van der Waals surface area contributed by atoms with Crippen molar-refractivity contribution in [1.82, 2.24) is 9.80 Å². The van der Waals surface area contributed by atoms with Gasteiger partial charge < -0.3 is 19.3 Å². The van der Waals surface area contributed by atoms with Crippen LogP contribution in [-0.4, -0.2) is 45.5 Å². The molecule has 1 aromatic heterocycles. The number of carbonyl (C=O) groups is 2. The zero-order valence-corrected chi connectivity index (χ0v) is 12.1. The molecule has 2 saturated heterocycles. The van der Waals surface area contributed by atoms with Crippen molar-refractivity contribution in [3.8, 4) is 0 Å². The van der Waals surface area contributed by atoms with E-state index in [4.69, 9.17) is 4.42 Å². The third-order valence-electron chi connectivity index (χ3n) is 4.65. The third kappa shape index (κ3) is 2.39. The summed E-state index contributed by atoms with van der Waals surface area (Å²) in [5, 5.41) is 9.27. The summed E-state index contributed by atoms with van der Waals surface area (Å²) < 4.78 is 5.30. The van der Waals surface area contributed by atoms with Gasteiger partial charge in [0.15, 0.2) is 0 Å². The van der Waals surface area contributed by atoms with E-state index in [1.54, 1.807) is 22.1 Å². The predicted molar refractivity (Wildman–Crippen MR) is 74.6 cm³/mol. The van der Waals surface area contributed by atoms with E-state index in [1.807, 2.05) is 13.0 Å². The molecule has 3 rings (SSSR count). The molecule has 3 heterocycles. The Kier molecular flexibility index (Phi) is 3.61. The summed E-state index contributed by atoms with van der Waals surface area (Å²) in [6.07, 6.45) is 3.89. The van der Waals surface area contributed by atoms with Crippen LogP contribution in [-0.2, 0) is 11.3 Å². The lowest BCUT2D eigenvalue weighted by Crippen LogP contribution is -2.46. The van der Waals surface area contributed by atoms with Gasteiger partial charge in [0.2, 0.25) is 0 Å². The molecular formula is C15H20N2O4. The summed E-state index contributed by atoms with van der Waals surface area (Å²) in [7, 11) is 0. The van der Waals surface area contributed by atoms with Crippen LogP contribution in [0.4, 0.5) is 4.79 Å². The first-order valence-corrected chi connectivity index (χ1v) is 7.44. The van der Waals surface area contributed by atoms with Crippen molar-refractivity contribution in [3.05, 3.63) is 24.2 Å². The minimum atomic E-state index is -0.783.